The molecule has 4 rings (SSSR count). The summed E-state index contributed by atoms with van der Waals surface area (Å²) in [5.41, 5.74) is 1.84. The van der Waals surface area contributed by atoms with Gasteiger partial charge in [0.05, 0.1) is 10.2 Å². The van der Waals surface area contributed by atoms with E-state index in [9.17, 15) is 4.79 Å². The molecule has 0 unspecified atom stereocenters. The van der Waals surface area contributed by atoms with Crippen LogP contribution in [0, 0.1) is 0 Å². The van der Waals surface area contributed by atoms with Gasteiger partial charge in [-0.25, -0.2) is 0 Å². The first-order chi connectivity index (χ1) is 11.3. The second-order valence-corrected chi connectivity index (χ2v) is 6.10. The zero-order valence-corrected chi connectivity index (χ0v) is 13.0. The summed E-state index contributed by atoms with van der Waals surface area (Å²) in [4.78, 5) is 12.1. The molecule has 6 heteroatoms. The average molecular weight is 323 g/mol. The zero-order chi connectivity index (χ0) is 15.6. The number of fused-ring (bicyclic) bond motifs is 1. The third-order valence-corrected chi connectivity index (χ3v) is 4.57. The summed E-state index contributed by atoms with van der Waals surface area (Å²) in [7, 11) is 0. The van der Waals surface area contributed by atoms with Crippen molar-refractivity contribution in [2.45, 2.75) is 13.0 Å². The van der Waals surface area contributed by atoms with E-state index in [0.29, 0.717) is 24.7 Å². The van der Waals surface area contributed by atoms with Crippen molar-refractivity contribution in [2.24, 2.45) is 0 Å². The van der Waals surface area contributed by atoms with E-state index in [2.05, 4.69) is 10.2 Å². The number of aryl methyl sites for hydroxylation is 2. The molecule has 23 heavy (non-hydrogen) atoms. The molecule has 0 aliphatic carbocycles. The Morgan fingerprint density at radius 2 is 1.78 bits per heavy atom. The first-order valence-corrected chi connectivity index (χ1v) is 8.09. The summed E-state index contributed by atoms with van der Waals surface area (Å²) in [6, 6.07) is 17.4. The minimum absolute atomic E-state index is 0.0361. The lowest BCUT2D eigenvalue weighted by Gasteiger charge is -2.00. The van der Waals surface area contributed by atoms with E-state index >= 15 is 0 Å². The second kappa shape index (κ2) is 5.81. The van der Waals surface area contributed by atoms with Gasteiger partial charge in [-0.1, -0.05) is 41.7 Å². The van der Waals surface area contributed by atoms with E-state index in [1.54, 1.807) is 4.57 Å². The van der Waals surface area contributed by atoms with Gasteiger partial charge in [-0.15, -0.1) is 10.2 Å². The first-order valence-electron chi connectivity index (χ1n) is 7.27. The van der Waals surface area contributed by atoms with Crippen LogP contribution in [0.4, 0.5) is 0 Å². The van der Waals surface area contributed by atoms with Gasteiger partial charge >= 0.3 is 4.87 Å². The average Bonchev–Trinajstić information content (AvgIpc) is 3.18. The Hall–Kier alpha value is -2.73. The smallest absolute Gasteiger partial charge is 0.308 e. The number of rotatable bonds is 4. The number of thiazole rings is 1. The third-order valence-electron chi connectivity index (χ3n) is 3.61. The van der Waals surface area contributed by atoms with Crippen LogP contribution in [0.3, 0.4) is 0 Å². The van der Waals surface area contributed by atoms with Crippen molar-refractivity contribution in [3.05, 3.63) is 70.2 Å². The molecule has 0 aliphatic rings. The monoisotopic (exact) mass is 323 g/mol. The van der Waals surface area contributed by atoms with Gasteiger partial charge < -0.3 is 4.42 Å². The van der Waals surface area contributed by atoms with Crippen molar-refractivity contribution in [2.75, 3.05) is 0 Å². The summed E-state index contributed by atoms with van der Waals surface area (Å²) in [6.07, 6.45) is 0.528. The Balaban J connectivity index is 1.56. The van der Waals surface area contributed by atoms with E-state index in [0.717, 1.165) is 15.8 Å². The Morgan fingerprint density at radius 3 is 2.65 bits per heavy atom. The maximum Gasteiger partial charge on any atom is 0.308 e. The number of aromatic nitrogens is 3. The van der Waals surface area contributed by atoms with Gasteiger partial charge in [-0.05, 0) is 24.3 Å². The maximum absolute atomic E-state index is 12.1. The highest BCUT2D eigenvalue weighted by molar-refractivity contribution is 7.16. The van der Waals surface area contributed by atoms with Gasteiger partial charge in [-0.3, -0.25) is 9.36 Å². The van der Waals surface area contributed by atoms with Gasteiger partial charge in [0, 0.05) is 18.5 Å². The van der Waals surface area contributed by atoms with Crippen LogP contribution >= 0.6 is 11.3 Å². The molecule has 0 amide bonds. The van der Waals surface area contributed by atoms with E-state index in [1.807, 2.05) is 54.6 Å². The van der Waals surface area contributed by atoms with Crippen molar-refractivity contribution >= 4 is 21.6 Å². The van der Waals surface area contributed by atoms with Gasteiger partial charge in [0.2, 0.25) is 11.8 Å². The van der Waals surface area contributed by atoms with Crippen LogP contribution in [-0.2, 0) is 13.0 Å². The molecule has 4 aromatic rings. The standard InChI is InChI=1S/C17H13N3O2S/c21-17-20(13-8-4-5-9-14(13)23-17)11-10-15-18-19-16(22-15)12-6-2-1-3-7-12/h1-9H,10-11H2. The molecule has 0 spiro atoms. The highest BCUT2D eigenvalue weighted by atomic mass is 32.1. The SMILES string of the molecule is O=c1sc2ccccc2n1CCc1nnc(-c2ccccc2)o1. The van der Waals surface area contributed by atoms with E-state index in [1.165, 1.54) is 11.3 Å². The van der Waals surface area contributed by atoms with Gasteiger partial charge in [0.1, 0.15) is 0 Å². The molecular formula is C17H13N3O2S. The molecule has 0 aliphatic heterocycles. The molecule has 2 heterocycles. The quantitative estimate of drug-likeness (QED) is 0.578. The minimum atomic E-state index is 0.0361. The van der Waals surface area contributed by atoms with Crippen LogP contribution in [0.1, 0.15) is 5.89 Å². The normalized spacial score (nSPS) is 11.1. The number of hydrogen-bond donors (Lipinski definition) is 0. The summed E-state index contributed by atoms with van der Waals surface area (Å²) in [5, 5.41) is 8.14. The van der Waals surface area contributed by atoms with E-state index in [-0.39, 0.29) is 4.87 Å². The summed E-state index contributed by atoms with van der Waals surface area (Å²) < 4.78 is 8.44. The number of benzene rings is 2. The number of para-hydroxylation sites is 1. The first kappa shape index (κ1) is 13.9. The molecule has 0 saturated carbocycles. The molecular weight excluding hydrogens is 310 g/mol. The highest BCUT2D eigenvalue weighted by Gasteiger charge is 2.11. The zero-order valence-electron chi connectivity index (χ0n) is 12.2. The Bertz CT molecular complexity index is 1000. The predicted octanol–water partition coefficient (Wildman–Crippen LogP) is 3.36. The Morgan fingerprint density at radius 1 is 1.00 bits per heavy atom. The highest BCUT2D eigenvalue weighted by Crippen LogP contribution is 2.19. The topological polar surface area (TPSA) is 60.9 Å². The maximum atomic E-state index is 12.1. The Kier molecular flexibility index (Phi) is 3.51. The predicted molar refractivity (Wildman–Crippen MR) is 89.5 cm³/mol. The molecule has 0 saturated heterocycles. The van der Waals surface area contributed by atoms with Gasteiger partial charge in [-0.2, -0.15) is 0 Å². The molecule has 0 fully saturated rings. The lowest BCUT2D eigenvalue weighted by atomic mass is 10.2. The van der Waals surface area contributed by atoms with Crippen LogP contribution < -0.4 is 4.87 Å². The lowest BCUT2D eigenvalue weighted by Crippen LogP contribution is -2.14. The van der Waals surface area contributed by atoms with E-state index < -0.39 is 0 Å². The van der Waals surface area contributed by atoms with Crippen LogP contribution in [0.5, 0.6) is 0 Å². The molecule has 0 radical (unpaired) electrons. The fourth-order valence-corrected chi connectivity index (χ4v) is 3.40. The van der Waals surface area contributed by atoms with Crippen molar-refractivity contribution in [1.29, 1.82) is 0 Å². The summed E-state index contributed by atoms with van der Waals surface area (Å²) in [5.74, 6) is 1.04. The summed E-state index contributed by atoms with van der Waals surface area (Å²) in [6.45, 7) is 0.527. The summed E-state index contributed by atoms with van der Waals surface area (Å²) >= 11 is 1.26. The largest absolute Gasteiger partial charge is 0.421 e. The fourth-order valence-electron chi connectivity index (χ4n) is 2.49. The number of hydrogen-bond acceptors (Lipinski definition) is 5. The van der Waals surface area contributed by atoms with Crippen LogP contribution in [0.15, 0.2) is 63.8 Å². The van der Waals surface area contributed by atoms with E-state index in [4.69, 9.17) is 4.42 Å². The van der Waals surface area contributed by atoms with Crippen molar-refractivity contribution in [3.8, 4) is 11.5 Å². The van der Waals surface area contributed by atoms with Crippen LogP contribution in [0.25, 0.3) is 21.7 Å². The Labute approximate surface area is 135 Å². The number of nitrogens with zero attached hydrogens (tertiary/aromatic N) is 3. The molecule has 5 nitrogen and oxygen atoms in total. The van der Waals surface area contributed by atoms with Gasteiger partial charge in [0.15, 0.2) is 0 Å². The molecule has 2 aromatic carbocycles. The fraction of sp³-hybridized carbons (Fsp3) is 0.118. The molecule has 2 aromatic heterocycles. The third kappa shape index (κ3) is 2.68. The van der Waals surface area contributed by atoms with Crippen molar-refractivity contribution in [1.82, 2.24) is 14.8 Å². The minimum Gasteiger partial charge on any atom is -0.421 e. The molecule has 0 atom stereocenters. The van der Waals surface area contributed by atoms with Crippen molar-refractivity contribution < 1.29 is 4.42 Å². The van der Waals surface area contributed by atoms with Crippen molar-refractivity contribution in [3.63, 3.8) is 0 Å². The van der Waals surface area contributed by atoms with Gasteiger partial charge in [0.25, 0.3) is 0 Å². The second-order valence-electron chi connectivity index (χ2n) is 5.10. The molecule has 0 bridgehead atoms. The molecule has 0 N–H and O–H groups in total. The molecule has 114 valence electrons. The lowest BCUT2D eigenvalue weighted by molar-refractivity contribution is 0.487. The van der Waals surface area contributed by atoms with Crippen LogP contribution in [-0.4, -0.2) is 14.8 Å². The van der Waals surface area contributed by atoms with Crippen LogP contribution in [0.2, 0.25) is 0 Å².